The number of carbonyl (C=O) groups is 2. The van der Waals surface area contributed by atoms with Crippen LogP contribution in [0.15, 0.2) is 67.0 Å². The number of nitrogens with zero attached hydrogens (tertiary/aromatic N) is 2. The minimum Gasteiger partial charge on any atom is -0.352 e. The highest BCUT2D eigenvalue weighted by Gasteiger charge is 2.28. The van der Waals surface area contributed by atoms with Crippen molar-refractivity contribution in [3.63, 3.8) is 0 Å². The number of nitrogens with one attached hydrogen (secondary N) is 1. The number of likely N-dealkylation sites (tertiary alicyclic amines) is 1. The smallest absolute Gasteiger partial charge is 0.254 e. The molecule has 4 rings (SSSR count). The van der Waals surface area contributed by atoms with Crippen LogP contribution in [0.25, 0.3) is 10.8 Å². The molecule has 1 aliphatic heterocycles. The standard InChI is InChI=1S/C23H23N3O2/c27-22(25-16-17-8-12-24-13-9-17)19-10-14-26(15-11-19)23(28)21-7-3-5-18-4-1-2-6-20(18)21/h1-9,12-13,19H,10-11,14-16H2,(H,25,27). The van der Waals surface area contributed by atoms with Crippen LogP contribution in [0.4, 0.5) is 0 Å². The molecule has 28 heavy (non-hydrogen) atoms. The summed E-state index contributed by atoms with van der Waals surface area (Å²) >= 11 is 0. The van der Waals surface area contributed by atoms with Crippen LogP contribution in [0.5, 0.6) is 0 Å². The second kappa shape index (κ2) is 8.21. The van der Waals surface area contributed by atoms with Gasteiger partial charge in [-0.1, -0.05) is 36.4 Å². The maximum atomic E-state index is 13.0. The number of piperidine rings is 1. The van der Waals surface area contributed by atoms with Gasteiger partial charge in [0.2, 0.25) is 5.91 Å². The van der Waals surface area contributed by atoms with Crippen molar-refractivity contribution in [3.05, 3.63) is 78.1 Å². The molecule has 0 bridgehead atoms. The molecule has 3 aromatic rings. The molecule has 2 amide bonds. The highest BCUT2D eigenvalue weighted by molar-refractivity contribution is 6.07. The first-order valence-electron chi connectivity index (χ1n) is 9.66. The maximum Gasteiger partial charge on any atom is 0.254 e. The predicted octanol–water partition coefficient (Wildman–Crippen LogP) is 3.40. The molecule has 1 fully saturated rings. The van der Waals surface area contributed by atoms with Crippen LogP contribution in [0.1, 0.15) is 28.8 Å². The van der Waals surface area contributed by atoms with Crippen molar-refractivity contribution in [2.45, 2.75) is 19.4 Å². The number of fused-ring (bicyclic) bond motifs is 1. The SMILES string of the molecule is O=C(NCc1ccncc1)C1CCN(C(=O)c2cccc3ccccc23)CC1. The third kappa shape index (κ3) is 3.88. The lowest BCUT2D eigenvalue weighted by atomic mass is 9.94. The second-order valence-corrected chi connectivity index (χ2v) is 7.17. The van der Waals surface area contributed by atoms with E-state index in [1.165, 1.54) is 0 Å². The molecule has 0 saturated carbocycles. The second-order valence-electron chi connectivity index (χ2n) is 7.17. The van der Waals surface area contributed by atoms with Crippen LogP contribution in [0.2, 0.25) is 0 Å². The Balaban J connectivity index is 1.36. The summed E-state index contributed by atoms with van der Waals surface area (Å²) in [5, 5.41) is 5.05. The van der Waals surface area contributed by atoms with E-state index < -0.39 is 0 Å². The minimum absolute atomic E-state index is 0.0431. The van der Waals surface area contributed by atoms with Crippen molar-refractivity contribution in [1.82, 2.24) is 15.2 Å². The van der Waals surface area contributed by atoms with E-state index in [4.69, 9.17) is 0 Å². The zero-order chi connectivity index (χ0) is 19.3. The normalized spacial score (nSPS) is 14.8. The minimum atomic E-state index is -0.0431. The summed E-state index contributed by atoms with van der Waals surface area (Å²) in [6, 6.07) is 17.6. The third-order valence-electron chi connectivity index (χ3n) is 5.39. The van der Waals surface area contributed by atoms with Gasteiger partial charge in [-0.25, -0.2) is 0 Å². The molecular weight excluding hydrogens is 350 g/mol. The van der Waals surface area contributed by atoms with Crippen molar-refractivity contribution in [2.75, 3.05) is 13.1 Å². The van der Waals surface area contributed by atoms with E-state index >= 15 is 0 Å². The monoisotopic (exact) mass is 373 g/mol. The summed E-state index contributed by atoms with van der Waals surface area (Å²) in [6.45, 7) is 1.72. The molecule has 2 aromatic carbocycles. The molecule has 2 heterocycles. The Labute approximate surface area is 164 Å². The zero-order valence-corrected chi connectivity index (χ0v) is 15.7. The third-order valence-corrected chi connectivity index (χ3v) is 5.39. The van der Waals surface area contributed by atoms with Gasteiger partial charge in [-0.05, 0) is 47.4 Å². The van der Waals surface area contributed by atoms with Crippen molar-refractivity contribution >= 4 is 22.6 Å². The summed E-state index contributed by atoms with van der Waals surface area (Å²) in [6.07, 6.45) is 4.83. The van der Waals surface area contributed by atoms with E-state index in [-0.39, 0.29) is 17.7 Å². The van der Waals surface area contributed by atoms with Gasteiger partial charge in [-0.3, -0.25) is 14.6 Å². The number of pyridine rings is 1. The lowest BCUT2D eigenvalue weighted by molar-refractivity contribution is -0.126. The molecule has 0 aliphatic carbocycles. The van der Waals surface area contributed by atoms with Crippen molar-refractivity contribution in [1.29, 1.82) is 0 Å². The van der Waals surface area contributed by atoms with Crippen LogP contribution < -0.4 is 5.32 Å². The molecule has 1 aliphatic rings. The molecular formula is C23H23N3O2. The lowest BCUT2D eigenvalue weighted by Gasteiger charge is -2.31. The lowest BCUT2D eigenvalue weighted by Crippen LogP contribution is -2.43. The zero-order valence-electron chi connectivity index (χ0n) is 15.7. The van der Waals surface area contributed by atoms with E-state index in [9.17, 15) is 9.59 Å². The number of carbonyl (C=O) groups excluding carboxylic acids is 2. The summed E-state index contributed by atoms with van der Waals surface area (Å²) in [5.74, 6) is 0.0694. The van der Waals surface area contributed by atoms with E-state index in [2.05, 4.69) is 10.3 Å². The van der Waals surface area contributed by atoms with E-state index in [1.54, 1.807) is 12.4 Å². The van der Waals surface area contributed by atoms with Gasteiger partial charge in [0.05, 0.1) is 0 Å². The van der Waals surface area contributed by atoms with E-state index in [0.29, 0.717) is 32.5 Å². The van der Waals surface area contributed by atoms with E-state index in [1.807, 2.05) is 59.5 Å². The van der Waals surface area contributed by atoms with Crippen LogP contribution >= 0.6 is 0 Å². The van der Waals surface area contributed by atoms with E-state index in [0.717, 1.165) is 21.9 Å². The molecule has 0 radical (unpaired) electrons. The molecule has 1 aromatic heterocycles. The number of hydrogen-bond donors (Lipinski definition) is 1. The number of benzene rings is 2. The molecule has 1 N–H and O–H groups in total. The average molecular weight is 373 g/mol. The number of amides is 2. The van der Waals surface area contributed by atoms with Crippen LogP contribution in [0, 0.1) is 5.92 Å². The Bertz CT molecular complexity index is 974. The van der Waals surface area contributed by atoms with Crippen LogP contribution in [0.3, 0.4) is 0 Å². The largest absolute Gasteiger partial charge is 0.352 e. The number of rotatable bonds is 4. The fourth-order valence-corrected chi connectivity index (χ4v) is 3.76. The first-order valence-corrected chi connectivity index (χ1v) is 9.66. The van der Waals surface area contributed by atoms with Crippen molar-refractivity contribution in [3.8, 4) is 0 Å². The summed E-state index contributed by atoms with van der Waals surface area (Å²) in [7, 11) is 0. The average Bonchev–Trinajstić information content (AvgIpc) is 2.77. The molecule has 5 nitrogen and oxygen atoms in total. The van der Waals surface area contributed by atoms with Gasteiger partial charge < -0.3 is 10.2 Å². The molecule has 0 unspecified atom stereocenters. The Hall–Kier alpha value is -3.21. The maximum absolute atomic E-state index is 13.0. The molecule has 1 saturated heterocycles. The molecule has 0 spiro atoms. The van der Waals surface area contributed by atoms with Crippen molar-refractivity contribution < 1.29 is 9.59 Å². The fraction of sp³-hybridized carbons (Fsp3) is 0.261. The summed E-state index contributed by atoms with van der Waals surface area (Å²) < 4.78 is 0. The first-order chi connectivity index (χ1) is 13.7. The summed E-state index contributed by atoms with van der Waals surface area (Å²) in [4.78, 5) is 31.3. The van der Waals surface area contributed by atoms with Crippen LogP contribution in [-0.4, -0.2) is 34.8 Å². The Morgan fingerprint density at radius 3 is 2.46 bits per heavy atom. The molecule has 5 heteroatoms. The van der Waals surface area contributed by atoms with Crippen molar-refractivity contribution in [2.24, 2.45) is 5.92 Å². The fourth-order valence-electron chi connectivity index (χ4n) is 3.76. The Morgan fingerprint density at radius 1 is 0.964 bits per heavy atom. The number of aromatic nitrogens is 1. The Kier molecular flexibility index (Phi) is 5.33. The molecule has 0 atom stereocenters. The number of hydrogen-bond acceptors (Lipinski definition) is 3. The topological polar surface area (TPSA) is 62.3 Å². The van der Waals surface area contributed by atoms with Gasteiger partial charge in [-0.15, -0.1) is 0 Å². The van der Waals surface area contributed by atoms with Gasteiger partial charge in [0.15, 0.2) is 0 Å². The quantitative estimate of drug-likeness (QED) is 0.762. The highest BCUT2D eigenvalue weighted by atomic mass is 16.2. The van der Waals surface area contributed by atoms with Gasteiger partial charge in [0.25, 0.3) is 5.91 Å². The molecule has 142 valence electrons. The summed E-state index contributed by atoms with van der Waals surface area (Å²) in [5.41, 5.74) is 1.77. The van der Waals surface area contributed by atoms with Gasteiger partial charge in [0, 0.05) is 43.5 Å². The van der Waals surface area contributed by atoms with Crippen LogP contribution in [-0.2, 0) is 11.3 Å². The van der Waals surface area contributed by atoms with Gasteiger partial charge in [0.1, 0.15) is 0 Å². The highest BCUT2D eigenvalue weighted by Crippen LogP contribution is 2.23. The predicted molar refractivity (Wildman–Crippen MR) is 109 cm³/mol. The first kappa shape index (κ1) is 18.2. The Morgan fingerprint density at radius 2 is 1.68 bits per heavy atom. The van der Waals surface area contributed by atoms with Gasteiger partial charge >= 0.3 is 0 Å². The van der Waals surface area contributed by atoms with Gasteiger partial charge in [-0.2, -0.15) is 0 Å².